The lowest BCUT2D eigenvalue weighted by atomic mass is 9.97. The molecule has 0 radical (unpaired) electrons. The maximum absolute atomic E-state index is 10.4. The van der Waals surface area contributed by atoms with Gasteiger partial charge in [-0.3, -0.25) is 0 Å². The molecule has 0 aliphatic carbocycles. The Morgan fingerprint density at radius 3 is 1.22 bits per heavy atom. The van der Waals surface area contributed by atoms with Crippen LogP contribution in [0.2, 0.25) is 0 Å². The van der Waals surface area contributed by atoms with E-state index in [1.54, 1.807) is 42.5 Å². The largest absolute Gasteiger partial charge is 0.309 e. The molecule has 9 aromatic rings. The predicted octanol–water partition coefficient (Wildman–Crippen LogP) is 10.7. The van der Waals surface area contributed by atoms with Crippen LogP contribution in [0.3, 0.4) is 0 Å². The molecule has 0 unspecified atom stereocenters. The summed E-state index contributed by atoms with van der Waals surface area (Å²) in [5, 5.41) is 51.1. The Kier molecular flexibility index (Phi) is 8.90. The molecule has 0 spiro atoms. The number of aromatic nitrogens is 4. The highest BCUT2D eigenvalue weighted by molar-refractivity contribution is 6.11. The van der Waals surface area contributed by atoms with Crippen LogP contribution in [-0.2, 0) is 0 Å². The van der Waals surface area contributed by atoms with Gasteiger partial charge in [-0.2, -0.15) is 26.3 Å². The van der Waals surface area contributed by atoms with Gasteiger partial charge in [0.25, 0.3) is 0 Å². The molecule has 2 heterocycles. The fraction of sp³-hybridized carbons (Fsp3) is 0. The number of hydrogen-bond acceptors (Lipinski definition) is 8. The van der Waals surface area contributed by atoms with Crippen molar-refractivity contribution in [2.75, 3.05) is 0 Å². The fourth-order valence-corrected chi connectivity index (χ4v) is 7.39. The second-order valence-corrected chi connectivity index (χ2v) is 13.7. The quantitative estimate of drug-likeness (QED) is 0.162. The van der Waals surface area contributed by atoms with Crippen LogP contribution in [0.1, 0.15) is 27.8 Å². The Hall–Kier alpha value is -9.20. The normalized spacial score (nSPS) is 10.6. The molecule has 0 saturated carbocycles. The number of nitrogens with zero attached hydrogens (tertiary/aromatic N) is 9. The highest BCUT2D eigenvalue weighted by Gasteiger charge is 2.20. The molecule has 0 saturated heterocycles. The zero-order valence-electron chi connectivity index (χ0n) is 31.0. The number of rotatable bonds is 6. The highest BCUT2D eigenvalue weighted by atomic mass is 15.0. The van der Waals surface area contributed by atoms with Gasteiger partial charge >= 0.3 is 0 Å². The van der Waals surface area contributed by atoms with Gasteiger partial charge in [0.05, 0.1) is 69.2 Å². The Bertz CT molecular complexity index is 3130. The molecule has 9 rings (SSSR count). The number of benzene rings is 7. The second kappa shape index (κ2) is 14.8. The lowest BCUT2D eigenvalue weighted by molar-refractivity contribution is 1.07. The lowest BCUT2D eigenvalue weighted by Gasteiger charge is -2.13. The molecule has 0 aliphatic heterocycles. The van der Waals surface area contributed by atoms with Gasteiger partial charge < -0.3 is 4.57 Å². The van der Waals surface area contributed by atoms with Crippen molar-refractivity contribution in [3.8, 4) is 92.5 Å². The van der Waals surface area contributed by atoms with Crippen molar-refractivity contribution in [2.45, 2.75) is 0 Å². The van der Waals surface area contributed by atoms with Gasteiger partial charge in [0.2, 0.25) is 0 Å². The summed E-state index contributed by atoms with van der Waals surface area (Å²) >= 11 is 0. The van der Waals surface area contributed by atoms with Crippen LogP contribution in [0.5, 0.6) is 0 Å². The van der Waals surface area contributed by atoms with Crippen molar-refractivity contribution in [3.05, 3.63) is 179 Å². The summed E-state index contributed by atoms with van der Waals surface area (Å²) in [6.07, 6.45) is 0. The minimum atomic E-state index is 0.345. The molecule has 59 heavy (non-hydrogen) atoms. The number of nitriles is 5. The summed E-state index contributed by atoms with van der Waals surface area (Å²) in [4.78, 5) is 14.7. The maximum atomic E-state index is 10.4. The van der Waals surface area contributed by atoms with E-state index in [4.69, 9.17) is 15.0 Å². The van der Waals surface area contributed by atoms with Crippen molar-refractivity contribution in [1.29, 1.82) is 26.3 Å². The first-order chi connectivity index (χ1) is 29.0. The molecule has 0 N–H and O–H groups in total. The van der Waals surface area contributed by atoms with E-state index < -0.39 is 0 Å². The molecule has 0 amide bonds. The topological polar surface area (TPSA) is 163 Å². The number of fused-ring (bicyclic) bond motifs is 3. The molecule has 0 atom stereocenters. The van der Waals surface area contributed by atoms with Crippen LogP contribution in [0.25, 0.3) is 83.9 Å². The van der Waals surface area contributed by atoms with Crippen molar-refractivity contribution >= 4 is 21.8 Å². The average Bonchev–Trinajstić information content (AvgIpc) is 3.64. The molecular formula is C50H25N9. The summed E-state index contributed by atoms with van der Waals surface area (Å²) in [5.74, 6) is 1.29. The Balaban J connectivity index is 1.29. The molecule has 7 aromatic carbocycles. The van der Waals surface area contributed by atoms with Crippen molar-refractivity contribution < 1.29 is 0 Å². The summed E-state index contributed by atoms with van der Waals surface area (Å²) in [5.41, 5.74) is 9.55. The molecule has 0 fully saturated rings. The summed E-state index contributed by atoms with van der Waals surface area (Å²) < 4.78 is 2.11. The van der Waals surface area contributed by atoms with E-state index in [0.717, 1.165) is 60.9 Å². The molecule has 0 bridgehead atoms. The minimum Gasteiger partial charge on any atom is -0.309 e. The van der Waals surface area contributed by atoms with Gasteiger partial charge in [0.1, 0.15) is 0 Å². The second-order valence-electron chi connectivity index (χ2n) is 13.7. The zero-order valence-corrected chi connectivity index (χ0v) is 31.0. The van der Waals surface area contributed by atoms with Crippen LogP contribution < -0.4 is 0 Å². The lowest BCUT2D eigenvalue weighted by Crippen LogP contribution is -2.02. The predicted molar refractivity (Wildman–Crippen MR) is 225 cm³/mol. The van der Waals surface area contributed by atoms with E-state index >= 15 is 0 Å². The van der Waals surface area contributed by atoms with Crippen LogP contribution in [0, 0.1) is 56.7 Å². The minimum absolute atomic E-state index is 0.345. The van der Waals surface area contributed by atoms with Crippen LogP contribution in [0.15, 0.2) is 152 Å². The van der Waals surface area contributed by atoms with E-state index in [1.807, 2.05) is 109 Å². The SMILES string of the molecule is N#Cc1cc(C#N)cc(-c2ccc3c(c2)c2cc(-c4cc(C#N)cc(C#N)c4)ccc2n3-c2ccc(C#N)c(-c3nc(-c4ccccc4)nc(-c4ccccc4)n3)c2)c1. The van der Waals surface area contributed by atoms with Gasteiger partial charge in [-0.25, -0.2) is 15.0 Å². The third-order valence-corrected chi connectivity index (χ3v) is 10.1. The van der Waals surface area contributed by atoms with E-state index in [9.17, 15) is 26.3 Å². The van der Waals surface area contributed by atoms with Crippen molar-refractivity contribution in [2.24, 2.45) is 0 Å². The molecule has 9 nitrogen and oxygen atoms in total. The molecule has 270 valence electrons. The first kappa shape index (κ1) is 35.5. The molecule has 9 heteroatoms. The van der Waals surface area contributed by atoms with Crippen LogP contribution >= 0.6 is 0 Å². The third-order valence-electron chi connectivity index (χ3n) is 10.1. The van der Waals surface area contributed by atoms with Crippen LogP contribution in [0.4, 0.5) is 0 Å². The van der Waals surface area contributed by atoms with E-state index in [0.29, 0.717) is 50.9 Å². The first-order valence-electron chi connectivity index (χ1n) is 18.4. The highest BCUT2D eigenvalue weighted by Crippen LogP contribution is 2.39. The van der Waals surface area contributed by atoms with Gasteiger partial charge in [-0.05, 0) is 101 Å². The summed E-state index contributed by atoms with van der Waals surface area (Å²) in [7, 11) is 0. The summed E-state index contributed by atoms with van der Waals surface area (Å²) in [6.45, 7) is 0. The monoisotopic (exact) mass is 751 g/mol. The van der Waals surface area contributed by atoms with Gasteiger partial charge in [-0.15, -0.1) is 0 Å². The Morgan fingerprint density at radius 1 is 0.356 bits per heavy atom. The number of hydrogen-bond donors (Lipinski definition) is 0. The first-order valence-corrected chi connectivity index (χ1v) is 18.4. The van der Waals surface area contributed by atoms with Gasteiger partial charge in [-0.1, -0.05) is 72.8 Å². The molecular weight excluding hydrogens is 727 g/mol. The van der Waals surface area contributed by atoms with E-state index in [1.165, 1.54) is 0 Å². The summed E-state index contributed by atoms with van der Waals surface area (Å²) in [6, 6.07) is 58.1. The van der Waals surface area contributed by atoms with E-state index in [2.05, 4.69) is 34.9 Å². The average molecular weight is 752 g/mol. The third kappa shape index (κ3) is 6.54. The smallest absolute Gasteiger partial charge is 0.165 e. The Labute approximate surface area is 338 Å². The zero-order chi connectivity index (χ0) is 40.5. The van der Waals surface area contributed by atoms with Gasteiger partial charge in [0, 0.05) is 33.2 Å². The van der Waals surface area contributed by atoms with Crippen molar-refractivity contribution in [1.82, 2.24) is 19.5 Å². The molecule has 2 aromatic heterocycles. The van der Waals surface area contributed by atoms with Crippen molar-refractivity contribution in [3.63, 3.8) is 0 Å². The van der Waals surface area contributed by atoms with E-state index in [-0.39, 0.29) is 0 Å². The molecule has 0 aliphatic rings. The Morgan fingerprint density at radius 2 is 0.797 bits per heavy atom. The van der Waals surface area contributed by atoms with Crippen LogP contribution in [-0.4, -0.2) is 19.5 Å². The maximum Gasteiger partial charge on any atom is 0.165 e. The van der Waals surface area contributed by atoms with Gasteiger partial charge in [0.15, 0.2) is 17.5 Å². The standard InChI is InChI=1S/C50H25N9/c51-26-31-17-32(27-52)20-40(19-31)37-12-15-46-44(23-37)45-24-38(41-21-33(28-53)18-34(22-41)29-54)13-16-47(45)59(46)42-14-11-39(30-55)43(25-42)50-57-48(35-7-3-1-4-8-35)56-49(58-50)36-9-5-2-6-10-36/h1-25H. The fourth-order valence-electron chi connectivity index (χ4n) is 7.39.